The summed E-state index contributed by atoms with van der Waals surface area (Å²) in [6.07, 6.45) is -4.35. The van der Waals surface area contributed by atoms with E-state index in [1.54, 1.807) is 0 Å². The molecule has 0 aromatic carbocycles. The fourth-order valence-electron chi connectivity index (χ4n) is 1.42. The Labute approximate surface area is 63.2 Å². The van der Waals surface area contributed by atoms with Gasteiger partial charge in [-0.1, -0.05) is 0 Å². The molecule has 0 spiro atoms. The number of rotatable bonds is 0. The summed E-state index contributed by atoms with van der Waals surface area (Å²) in [6.45, 7) is 0.115. The monoisotopic (exact) mass is 162 g/mol. The highest BCUT2D eigenvalue weighted by Crippen LogP contribution is 2.28. The first-order chi connectivity index (χ1) is 5.20. The lowest BCUT2D eigenvalue weighted by Crippen LogP contribution is -2.41. The second-order valence-electron chi connectivity index (χ2n) is 2.85. The Morgan fingerprint density at radius 1 is 1.09 bits per heavy atom. The first kappa shape index (κ1) is 7.45. The molecule has 0 radical (unpaired) electrons. The van der Waals surface area contributed by atoms with Crippen LogP contribution in [0.1, 0.15) is 0 Å². The van der Waals surface area contributed by atoms with E-state index in [4.69, 9.17) is 14.6 Å². The normalized spacial score (nSPS) is 56.5. The van der Waals surface area contributed by atoms with Crippen molar-refractivity contribution in [3.05, 3.63) is 0 Å². The van der Waals surface area contributed by atoms with E-state index in [0.29, 0.717) is 0 Å². The van der Waals surface area contributed by atoms with Crippen LogP contribution in [-0.4, -0.2) is 52.6 Å². The van der Waals surface area contributed by atoms with E-state index < -0.39 is 30.7 Å². The molecule has 2 aliphatic heterocycles. The topological polar surface area (TPSA) is 79.2 Å². The molecule has 2 aliphatic rings. The first-order valence-corrected chi connectivity index (χ1v) is 3.51. The molecule has 64 valence electrons. The number of hydrogen-bond donors (Lipinski definition) is 3. The summed E-state index contributed by atoms with van der Waals surface area (Å²) in [5, 5.41) is 27.6. The molecular weight excluding hydrogens is 152 g/mol. The number of ether oxygens (including phenoxy) is 2. The number of fused-ring (bicyclic) bond motifs is 2. The van der Waals surface area contributed by atoms with Gasteiger partial charge in [-0.25, -0.2) is 0 Å². The fraction of sp³-hybridized carbons (Fsp3) is 1.00. The third kappa shape index (κ3) is 0.969. The average Bonchev–Trinajstić information content (AvgIpc) is 2.24. The molecule has 0 aromatic heterocycles. The maximum absolute atomic E-state index is 9.22. The number of hydrogen-bond acceptors (Lipinski definition) is 5. The van der Waals surface area contributed by atoms with E-state index in [1.807, 2.05) is 0 Å². The van der Waals surface area contributed by atoms with Gasteiger partial charge in [-0.05, 0) is 0 Å². The van der Waals surface area contributed by atoms with E-state index in [-0.39, 0.29) is 6.61 Å². The van der Waals surface area contributed by atoms with Crippen molar-refractivity contribution in [1.82, 2.24) is 0 Å². The van der Waals surface area contributed by atoms with Crippen LogP contribution in [0.4, 0.5) is 0 Å². The highest BCUT2D eigenvalue weighted by molar-refractivity contribution is 4.93. The molecule has 0 aromatic rings. The van der Waals surface area contributed by atoms with Crippen LogP contribution in [-0.2, 0) is 9.47 Å². The molecule has 3 N–H and O–H groups in total. The van der Waals surface area contributed by atoms with Crippen LogP contribution in [0.25, 0.3) is 0 Å². The Kier molecular flexibility index (Phi) is 1.62. The van der Waals surface area contributed by atoms with E-state index in [2.05, 4.69) is 0 Å². The second kappa shape index (κ2) is 2.40. The Bertz CT molecular complexity index is 161. The zero-order valence-corrected chi connectivity index (χ0v) is 5.75. The lowest BCUT2D eigenvalue weighted by molar-refractivity contribution is -0.233. The molecule has 2 fully saturated rings. The van der Waals surface area contributed by atoms with Crippen LogP contribution in [0.3, 0.4) is 0 Å². The summed E-state index contributed by atoms with van der Waals surface area (Å²) >= 11 is 0. The van der Waals surface area contributed by atoms with Gasteiger partial charge in [-0.15, -0.1) is 0 Å². The second-order valence-corrected chi connectivity index (χ2v) is 2.85. The first-order valence-electron chi connectivity index (χ1n) is 3.51. The summed E-state index contributed by atoms with van der Waals surface area (Å²) in [5.74, 6) is 0. The van der Waals surface area contributed by atoms with E-state index in [9.17, 15) is 10.2 Å². The Morgan fingerprint density at radius 3 is 2.45 bits per heavy atom. The molecule has 2 bridgehead atoms. The number of aliphatic hydroxyl groups excluding tert-OH is 3. The van der Waals surface area contributed by atoms with Crippen LogP contribution >= 0.6 is 0 Å². The van der Waals surface area contributed by atoms with Crippen molar-refractivity contribution < 1.29 is 24.8 Å². The molecule has 2 saturated heterocycles. The molecule has 0 aliphatic carbocycles. The van der Waals surface area contributed by atoms with Crippen molar-refractivity contribution in [3.63, 3.8) is 0 Å². The Morgan fingerprint density at radius 2 is 1.82 bits per heavy atom. The minimum atomic E-state index is -1.03. The summed E-state index contributed by atoms with van der Waals surface area (Å²) < 4.78 is 9.84. The van der Waals surface area contributed by atoms with Crippen LogP contribution in [0.2, 0.25) is 0 Å². The maximum atomic E-state index is 9.22. The SMILES string of the molecule is O[C@@H]1[C@@H]2OC[C@@H](O)[C@@H](O2)[C@@H]1O. The predicted molar refractivity (Wildman–Crippen MR) is 32.6 cm³/mol. The van der Waals surface area contributed by atoms with Crippen LogP contribution in [0.15, 0.2) is 0 Å². The Hall–Kier alpha value is -0.200. The lowest BCUT2D eigenvalue weighted by atomic mass is 10.1. The summed E-state index contributed by atoms with van der Waals surface area (Å²) in [7, 11) is 0. The van der Waals surface area contributed by atoms with Crippen LogP contribution < -0.4 is 0 Å². The van der Waals surface area contributed by atoms with E-state index in [1.165, 1.54) is 0 Å². The minimum absolute atomic E-state index is 0.115. The predicted octanol–water partition coefficient (Wildman–Crippen LogP) is -2.18. The molecule has 5 heteroatoms. The van der Waals surface area contributed by atoms with Gasteiger partial charge in [-0.3, -0.25) is 0 Å². The minimum Gasteiger partial charge on any atom is -0.388 e. The smallest absolute Gasteiger partial charge is 0.186 e. The van der Waals surface area contributed by atoms with Gasteiger partial charge in [0, 0.05) is 0 Å². The molecule has 5 nitrogen and oxygen atoms in total. The van der Waals surface area contributed by atoms with Crippen molar-refractivity contribution in [3.8, 4) is 0 Å². The molecule has 5 atom stereocenters. The van der Waals surface area contributed by atoms with Crippen molar-refractivity contribution in [1.29, 1.82) is 0 Å². The highest BCUT2D eigenvalue weighted by atomic mass is 16.7. The molecular formula is C6H10O5. The van der Waals surface area contributed by atoms with Crippen LogP contribution in [0.5, 0.6) is 0 Å². The van der Waals surface area contributed by atoms with Gasteiger partial charge in [0.25, 0.3) is 0 Å². The third-order valence-corrected chi connectivity index (χ3v) is 2.07. The average molecular weight is 162 g/mol. The van der Waals surface area contributed by atoms with Crippen molar-refractivity contribution in [2.45, 2.75) is 30.7 Å². The van der Waals surface area contributed by atoms with Gasteiger partial charge in [-0.2, -0.15) is 0 Å². The summed E-state index contributed by atoms with van der Waals surface area (Å²) in [5.41, 5.74) is 0. The number of aliphatic hydroxyl groups is 3. The quantitative estimate of drug-likeness (QED) is 0.377. The molecule has 0 amide bonds. The van der Waals surface area contributed by atoms with E-state index >= 15 is 0 Å². The molecule has 2 rings (SSSR count). The van der Waals surface area contributed by atoms with Gasteiger partial charge in [0.1, 0.15) is 24.4 Å². The van der Waals surface area contributed by atoms with Gasteiger partial charge < -0.3 is 24.8 Å². The molecule has 11 heavy (non-hydrogen) atoms. The standard InChI is InChI=1S/C6H10O5/c7-2-1-10-6-4(9)3(8)5(2)11-6/h2-9H,1H2/t2-,3-,4+,5-,6-/m1/s1. The Balaban J connectivity index is 2.16. The fourth-order valence-corrected chi connectivity index (χ4v) is 1.42. The zero-order chi connectivity index (χ0) is 8.01. The van der Waals surface area contributed by atoms with E-state index in [0.717, 1.165) is 0 Å². The third-order valence-electron chi connectivity index (χ3n) is 2.07. The molecule has 0 unspecified atom stereocenters. The highest BCUT2D eigenvalue weighted by Gasteiger charge is 2.50. The van der Waals surface area contributed by atoms with Crippen molar-refractivity contribution in [2.75, 3.05) is 6.61 Å². The van der Waals surface area contributed by atoms with Gasteiger partial charge >= 0.3 is 0 Å². The van der Waals surface area contributed by atoms with Gasteiger partial charge in [0.15, 0.2) is 6.29 Å². The van der Waals surface area contributed by atoms with Crippen molar-refractivity contribution >= 4 is 0 Å². The van der Waals surface area contributed by atoms with Gasteiger partial charge in [0.05, 0.1) is 6.61 Å². The maximum Gasteiger partial charge on any atom is 0.186 e. The molecule has 2 heterocycles. The summed E-state index contributed by atoms with van der Waals surface area (Å²) in [6, 6.07) is 0. The largest absolute Gasteiger partial charge is 0.388 e. The lowest BCUT2D eigenvalue weighted by Gasteiger charge is -2.25. The van der Waals surface area contributed by atoms with Crippen molar-refractivity contribution in [2.24, 2.45) is 0 Å². The van der Waals surface area contributed by atoms with Gasteiger partial charge in [0.2, 0.25) is 0 Å². The summed E-state index contributed by atoms with van der Waals surface area (Å²) in [4.78, 5) is 0. The zero-order valence-electron chi connectivity index (χ0n) is 5.75. The molecule has 0 saturated carbocycles. The van der Waals surface area contributed by atoms with Crippen LogP contribution in [0, 0.1) is 0 Å².